The van der Waals surface area contributed by atoms with Crippen molar-refractivity contribution in [3.05, 3.63) is 35.4 Å². The van der Waals surface area contributed by atoms with E-state index in [0.717, 1.165) is 31.4 Å². The summed E-state index contributed by atoms with van der Waals surface area (Å²) in [5.41, 5.74) is 6.35. The number of halogens is 2. The zero-order valence-electron chi connectivity index (χ0n) is 11.6. The minimum Gasteiger partial charge on any atom is -0.323 e. The van der Waals surface area contributed by atoms with Crippen molar-refractivity contribution in [2.75, 3.05) is 6.54 Å². The average molecular weight is 268 g/mol. The van der Waals surface area contributed by atoms with Crippen LogP contribution in [0.1, 0.15) is 44.7 Å². The molecule has 1 heterocycles. The molecule has 1 fully saturated rings. The van der Waals surface area contributed by atoms with E-state index in [9.17, 15) is 8.78 Å². The lowest BCUT2D eigenvalue weighted by molar-refractivity contribution is 0.185. The van der Waals surface area contributed by atoms with Crippen molar-refractivity contribution in [3.63, 3.8) is 0 Å². The molecule has 4 heteroatoms. The highest BCUT2D eigenvalue weighted by Crippen LogP contribution is 2.28. The molecule has 1 saturated heterocycles. The SMILES string of the molecule is CCC1CCC(C)N1CC(N)c1cc(F)ccc1F. The summed E-state index contributed by atoms with van der Waals surface area (Å²) in [6.07, 6.45) is 3.38. The van der Waals surface area contributed by atoms with Gasteiger partial charge in [-0.3, -0.25) is 4.90 Å². The lowest BCUT2D eigenvalue weighted by atomic mass is 10.1. The minimum absolute atomic E-state index is 0.272. The van der Waals surface area contributed by atoms with Crippen LogP contribution < -0.4 is 5.73 Å². The van der Waals surface area contributed by atoms with Gasteiger partial charge in [0.1, 0.15) is 11.6 Å². The van der Waals surface area contributed by atoms with Gasteiger partial charge < -0.3 is 5.73 Å². The topological polar surface area (TPSA) is 29.3 Å². The molecule has 106 valence electrons. The number of hydrogen-bond acceptors (Lipinski definition) is 2. The molecule has 1 aromatic carbocycles. The molecule has 19 heavy (non-hydrogen) atoms. The van der Waals surface area contributed by atoms with Crippen LogP contribution in [0.3, 0.4) is 0 Å². The second-order valence-electron chi connectivity index (χ2n) is 5.46. The average Bonchev–Trinajstić information content (AvgIpc) is 2.73. The molecule has 2 nitrogen and oxygen atoms in total. The van der Waals surface area contributed by atoms with Crippen LogP contribution >= 0.6 is 0 Å². The smallest absolute Gasteiger partial charge is 0.128 e. The first-order valence-electron chi connectivity index (χ1n) is 6.99. The molecule has 0 aromatic heterocycles. The summed E-state index contributed by atoms with van der Waals surface area (Å²) in [5, 5.41) is 0. The molecule has 1 aliphatic rings. The Balaban J connectivity index is 2.11. The monoisotopic (exact) mass is 268 g/mol. The summed E-state index contributed by atoms with van der Waals surface area (Å²) in [7, 11) is 0. The Morgan fingerprint density at radius 3 is 2.79 bits per heavy atom. The molecule has 0 bridgehead atoms. The summed E-state index contributed by atoms with van der Waals surface area (Å²) < 4.78 is 26.9. The van der Waals surface area contributed by atoms with Gasteiger partial charge in [0.05, 0.1) is 0 Å². The number of rotatable bonds is 4. The summed E-state index contributed by atoms with van der Waals surface area (Å²) in [6.45, 7) is 4.91. The van der Waals surface area contributed by atoms with Gasteiger partial charge in [-0.25, -0.2) is 8.78 Å². The first kappa shape index (κ1) is 14.4. The molecule has 0 amide bonds. The Kier molecular flexibility index (Phi) is 4.53. The maximum absolute atomic E-state index is 13.7. The molecule has 0 aliphatic carbocycles. The van der Waals surface area contributed by atoms with E-state index in [1.165, 1.54) is 6.07 Å². The van der Waals surface area contributed by atoms with Crippen molar-refractivity contribution >= 4 is 0 Å². The van der Waals surface area contributed by atoms with Gasteiger partial charge in [-0.15, -0.1) is 0 Å². The Morgan fingerprint density at radius 2 is 2.11 bits per heavy atom. The van der Waals surface area contributed by atoms with Gasteiger partial charge >= 0.3 is 0 Å². The zero-order chi connectivity index (χ0) is 14.0. The molecule has 0 radical (unpaired) electrons. The number of likely N-dealkylation sites (tertiary alicyclic amines) is 1. The van der Waals surface area contributed by atoms with Crippen molar-refractivity contribution in [1.82, 2.24) is 4.90 Å². The molecule has 2 rings (SSSR count). The van der Waals surface area contributed by atoms with Gasteiger partial charge in [-0.1, -0.05) is 6.92 Å². The number of nitrogens with two attached hydrogens (primary N) is 1. The van der Waals surface area contributed by atoms with E-state index < -0.39 is 17.7 Å². The molecule has 0 saturated carbocycles. The van der Waals surface area contributed by atoms with E-state index in [1.807, 2.05) is 0 Å². The predicted molar refractivity (Wildman–Crippen MR) is 72.8 cm³/mol. The summed E-state index contributed by atoms with van der Waals surface area (Å²) in [6, 6.07) is 3.98. The van der Waals surface area contributed by atoms with E-state index in [1.54, 1.807) is 0 Å². The van der Waals surface area contributed by atoms with Crippen LogP contribution in [-0.4, -0.2) is 23.5 Å². The van der Waals surface area contributed by atoms with Crippen LogP contribution in [0.2, 0.25) is 0 Å². The van der Waals surface area contributed by atoms with E-state index in [-0.39, 0.29) is 5.56 Å². The van der Waals surface area contributed by atoms with Gasteiger partial charge in [0.2, 0.25) is 0 Å². The van der Waals surface area contributed by atoms with Crippen molar-refractivity contribution in [2.45, 2.75) is 51.2 Å². The Hall–Kier alpha value is -1.00. The first-order valence-corrected chi connectivity index (χ1v) is 6.99. The van der Waals surface area contributed by atoms with Crippen molar-refractivity contribution in [1.29, 1.82) is 0 Å². The van der Waals surface area contributed by atoms with Crippen molar-refractivity contribution in [3.8, 4) is 0 Å². The van der Waals surface area contributed by atoms with E-state index in [4.69, 9.17) is 5.73 Å². The molecule has 1 aromatic rings. The molecule has 3 atom stereocenters. The summed E-state index contributed by atoms with van der Waals surface area (Å²) >= 11 is 0. The lowest BCUT2D eigenvalue weighted by Gasteiger charge is -2.30. The van der Waals surface area contributed by atoms with Gasteiger partial charge in [-0.05, 0) is 44.4 Å². The second kappa shape index (κ2) is 5.97. The fraction of sp³-hybridized carbons (Fsp3) is 0.600. The predicted octanol–water partition coefficient (Wildman–Crippen LogP) is 3.23. The molecule has 2 N–H and O–H groups in total. The maximum atomic E-state index is 13.7. The molecule has 3 unspecified atom stereocenters. The molecule has 0 spiro atoms. The second-order valence-corrected chi connectivity index (χ2v) is 5.46. The third-order valence-corrected chi connectivity index (χ3v) is 4.19. The molecular formula is C15H22F2N2. The standard InChI is InChI=1S/C15H22F2N2/c1-3-12-6-4-10(2)19(12)9-15(18)13-8-11(16)5-7-14(13)17/h5,7-8,10,12,15H,3-4,6,9,18H2,1-2H3. The Morgan fingerprint density at radius 1 is 1.37 bits per heavy atom. The normalized spacial score (nSPS) is 25.7. The zero-order valence-corrected chi connectivity index (χ0v) is 11.6. The highest BCUT2D eigenvalue weighted by atomic mass is 19.1. The van der Waals surface area contributed by atoms with Crippen LogP contribution in [0.4, 0.5) is 8.78 Å². The highest BCUT2D eigenvalue weighted by Gasteiger charge is 2.30. The fourth-order valence-electron chi connectivity index (χ4n) is 3.02. The van der Waals surface area contributed by atoms with E-state index in [2.05, 4.69) is 18.7 Å². The van der Waals surface area contributed by atoms with Crippen LogP contribution in [0.15, 0.2) is 18.2 Å². The number of hydrogen-bond donors (Lipinski definition) is 1. The maximum Gasteiger partial charge on any atom is 0.128 e. The quantitative estimate of drug-likeness (QED) is 0.908. The highest BCUT2D eigenvalue weighted by molar-refractivity contribution is 5.22. The minimum atomic E-state index is -0.481. The van der Waals surface area contributed by atoms with Gasteiger partial charge in [-0.2, -0.15) is 0 Å². The van der Waals surface area contributed by atoms with E-state index in [0.29, 0.717) is 18.6 Å². The lowest BCUT2D eigenvalue weighted by Crippen LogP contribution is -2.39. The van der Waals surface area contributed by atoms with Crippen LogP contribution in [-0.2, 0) is 0 Å². The largest absolute Gasteiger partial charge is 0.323 e. The summed E-state index contributed by atoms with van der Waals surface area (Å²) in [4.78, 5) is 2.33. The van der Waals surface area contributed by atoms with Crippen LogP contribution in [0.25, 0.3) is 0 Å². The fourth-order valence-corrected chi connectivity index (χ4v) is 3.02. The van der Waals surface area contributed by atoms with Gasteiger partial charge in [0.15, 0.2) is 0 Å². The number of nitrogens with zero attached hydrogens (tertiary/aromatic N) is 1. The molecule has 1 aliphatic heterocycles. The van der Waals surface area contributed by atoms with Crippen LogP contribution in [0.5, 0.6) is 0 Å². The Labute approximate surface area is 113 Å². The van der Waals surface area contributed by atoms with Crippen LogP contribution in [0, 0.1) is 11.6 Å². The van der Waals surface area contributed by atoms with E-state index >= 15 is 0 Å². The third-order valence-electron chi connectivity index (χ3n) is 4.19. The van der Waals surface area contributed by atoms with Gasteiger partial charge in [0.25, 0.3) is 0 Å². The Bertz CT molecular complexity index is 436. The van der Waals surface area contributed by atoms with Crippen molar-refractivity contribution in [2.24, 2.45) is 5.73 Å². The van der Waals surface area contributed by atoms with Gasteiger partial charge in [0, 0.05) is 30.2 Å². The summed E-state index contributed by atoms with van der Waals surface area (Å²) in [5.74, 6) is -0.859. The number of benzene rings is 1. The third kappa shape index (κ3) is 3.12. The van der Waals surface area contributed by atoms with Crippen molar-refractivity contribution < 1.29 is 8.78 Å². The first-order chi connectivity index (χ1) is 9.02. The molecular weight excluding hydrogens is 246 g/mol.